The van der Waals surface area contributed by atoms with Gasteiger partial charge in [0.05, 0.1) is 11.3 Å². The smallest absolute Gasteiger partial charge is 0.326 e. The number of aromatic nitrogens is 2. The van der Waals surface area contributed by atoms with Gasteiger partial charge in [0.15, 0.2) is 0 Å². The van der Waals surface area contributed by atoms with Crippen molar-refractivity contribution in [3.63, 3.8) is 0 Å². The molecule has 1 unspecified atom stereocenters. The van der Waals surface area contributed by atoms with Crippen LogP contribution in [0.4, 0.5) is 27.8 Å². The third-order valence-corrected chi connectivity index (χ3v) is 4.99. The Labute approximate surface area is 179 Å². The number of amides is 2. The summed E-state index contributed by atoms with van der Waals surface area (Å²) in [4.78, 5) is 51.8. The average Bonchev–Trinajstić information content (AvgIpc) is 3.02. The lowest BCUT2D eigenvalue weighted by atomic mass is 9.91. The number of H-pyrrole nitrogens is 1. The van der Waals surface area contributed by atoms with E-state index in [1.165, 1.54) is 17.4 Å². The second kappa shape index (κ2) is 7.39. The molecule has 1 aliphatic heterocycles. The monoisotopic (exact) mass is 466 g/mol. The van der Waals surface area contributed by atoms with Gasteiger partial charge in [0.2, 0.25) is 0 Å². The van der Waals surface area contributed by atoms with Gasteiger partial charge in [-0.05, 0) is 36.4 Å². The van der Waals surface area contributed by atoms with E-state index in [0.29, 0.717) is 4.57 Å². The van der Waals surface area contributed by atoms with Crippen molar-refractivity contribution < 1.29 is 31.5 Å². The van der Waals surface area contributed by atoms with Crippen molar-refractivity contribution in [3.05, 3.63) is 92.1 Å². The Hall–Kier alpha value is -4.29. The van der Waals surface area contributed by atoms with Gasteiger partial charge in [-0.3, -0.25) is 19.4 Å². The highest BCUT2D eigenvalue weighted by Crippen LogP contribution is 2.45. The Bertz CT molecular complexity index is 1410. The maximum Gasteiger partial charge on any atom is 0.425 e. The molecule has 8 nitrogen and oxygen atoms in total. The van der Waals surface area contributed by atoms with Gasteiger partial charge >= 0.3 is 11.9 Å². The molecule has 0 saturated heterocycles. The van der Waals surface area contributed by atoms with Crippen LogP contribution in [0.3, 0.4) is 0 Å². The number of nitrogens with one attached hydrogen (secondary N) is 3. The Kier molecular flexibility index (Phi) is 4.91. The molecule has 3 N–H and O–H groups in total. The molecular formula is C20H11F5N4O4. The van der Waals surface area contributed by atoms with Crippen LogP contribution in [0.15, 0.2) is 58.1 Å². The van der Waals surface area contributed by atoms with E-state index >= 15 is 0 Å². The summed E-state index contributed by atoms with van der Waals surface area (Å²) in [5, 5.41) is 3.24. The first-order chi connectivity index (χ1) is 15.5. The van der Waals surface area contributed by atoms with Crippen LogP contribution in [-0.4, -0.2) is 27.5 Å². The molecule has 0 saturated carbocycles. The number of fused-ring (bicyclic) bond motifs is 1. The molecule has 1 aromatic heterocycles. The number of nitrogens with zero attached hydrogens (tertiary/aromatic N) is 1. The first kappa shape index (κ1) is 21.9. The molecule has 0 aliphatic carbocycles. The van der Waals surface area contributed by atoms with Crippen LogP contribution in [0.2, 0.25) is 0 Å². The van der Waals surface area contributed by atoms with E-state index in [1.54, 1.807) is 4.98 Å². The summed E-state index contributed by atoms with van der Waals surface area (Å²) < 4.78 is 70.8. The maximum atomic E-state index is 14.3. The number of rotatable bonds is 3. The first-order valence-corrected chi connectivity index (χ1v) is 9.08. The van der Waals surface area contributed by atoms with Crippen LogP contribution in [0.25, 0.3) is 5.69 Å². The zero-order valence-corrected chi connectivity index (χ0v) is 16.1. The fourth-order valence-corrected chi connectivity index (χ4v) is 3.50. The molecule has 2 aromatic carbocycles. The molecule has 33 heavy (non-hydrogen) atoms. The second-order valence-corrected chi connectivity index (χ2v) is 6.93. The minimum atomic E-state index is -5.60. The number of halogens is 5. The largest absolute Gasteiger partial charge is 0.425 e. The Morgan fingerprint density at radius 3 is 2.21 bits per heavy atom. The summed E-state index contributed by atoms with van der Waals surface area (Å²) in [7, 11) is 0. The molecule has 2 heterocycles. The Morgan fingerprint density at radius 1 is 0.970 bits per heavy atom. The molecule has 0 spiro atoms. The van der Waals surface area contributed by atoms with Crippen LogP contribution in [-0.2, 0) is 10.3 Å². The van der Waals surface area contributed by atoms with Gasteiger partial charge < -0.3 is 10.6 Å². The zero-order valence-electron chi connectivity index (χ0n) is 16.1. The van der Waals surface area contributed by atoms with Crippen LogP contribution < -0.4 is 21.9 Å². The van der Waals surface area contributed by atoms with E-state index < -0.39 is 63.4 Å². The number of alkyl halides is 3. The number of carbonyl (C=O) groups is 2. The topological polar surface area (TPSA) is 113 Å². The number of hydrogen-bond donors (Lipinski definition) is 3. The molecule has 2 amide bonds. The van der Waals surface area contributed by atoms with E-state index in [0.717, 1.165) is 36.4 Å². The van der Waals surface area contributed by atoms with Crippen molar-refractivity contribution in [2.24, 2.45) is 0 Å². The van der Waals surface area contributed by atoms with E-state index in [-0.39, 0.29) is 5.69 Å². The highest BCUT2D eigenvalue weighted by atomic mass is 19.4. The van der Waals surface area contributed by atoms with Crippen molar-refractivity contribution in [1.29, 1.82) is 0 Å². The molecule has 1 aliphatic rings. The highest BCUT2D eigenvalue weighted by molar-refractivity contribution is 6.09. The standard InChI is InChI=1S/C20H11F5N4O4/c21-9-5-7-10(8-6-9)29-14-13(16(31)27-18(29)33)19(17(32)26-14,20(23,24)25)28-15(30)11-3-1-2-4-12(11)22/h1-8H,(H,26,32)(H,28,30)(H,27,31,33). The fraction of sp³-hybridized carbons (Fsp3) is 0.100. The van der Waals surface area contributed by atoms with E-state index in [2.05, 4.69) is 0 Å². The molecule has 13 heteroatoms. The van der Waals surface area contributed by atoms with Gasteiger partial charge in [-0.2, -0.15) is 13.2 Å². The lowest BCUT2D eigenvalue weighted by molar-refractivity contribution is -0.196. The highest BCUT2D eigenvalue weighted by Gasteiger charge is 2.68. The van der Waals surface area contributed by atoms with E-state index in [1.807, 2.05) is 5.32 Å². The van der Waals surface area contributed by atoms with E-state index in [4.69, 9.17) is 0 Å². The number of benzene rings is 2. The number of aromatic amines is 1. The lowest BCUT2D eigenvalue weighted by Gasteiger charge is -2.30. The molecule has 0 bridgehead atoms. The Morgan fingerprint density at radius 2 is 1.61 bits per heavy atom. The summed E-state index contributed by atoms with van der Waals surface area (Å²) in [6, 6.07) is 7.90. The number of carbonyl (C=O) groups excluding carboxylic acids is 2. The molecule has 0 fully saturated rings. The fourth-order valence-electron chi connectivity index (χ4n) is 3.50. The first-order valence-electron chi connectivity index (χ1n) is 9.08. The second-order valence-electron chi connectivity index (χ2n) is 6.93. The maximum absolute atomic E-state index is 14.3. The van der Waals surface area contributed by atoms with Crippen molar-refractivity contribution >= 4 is 17.6 Å². The van der Waals surface area contributed by atoms with Gasteiger partial charge in [0.25, 0.3) is 22.9 Å². The van der Waals surface area contributed by atoms with Crippen LogP contribution in [0.1, 0.15) is 15.9 Å². The van der Waals surface area contributed by atoms with Gasteiger partial charge in [-0.1, -0.05) is 12.1 Å². The molecular weight excluding hydrogens is 455 g/mol. The summed E-state index contributed by atoms with van der Waals surface area (Å²) in [5.74, 6) is -6.31. The summed E-state index contributed by atoms with van der Waals surface area (Å²) >= 11 is 0. The molecule has 1 atom stereocenters. The van der Waals surface area contributed by atoms with Gasteiger partial charge in [-0.15, -0.1) is 0 Å². The third kappa shape index (κ3) is 3.28. The molecule has 170 valence electrons. The summed E-state index contributed by atoms with van der Waals surface area (Å²) in [5.41, 5.74) is -9.14. The van der Waals surface area contributed by atoms with Crippen LogP contribution >= 0.6 is 0 Å². The van der Waals surface area contributed by atoms with E-state index in [9.17, 15) is 41.1 Å². The zero-order chi connectivity index (χ0) is 24.1. The van der Waals surface area contributed by atoms with Crippen molar-refractivity contribution in [3.8, 4) is 5.69 Å². The predicted octanol–water partition coefficient (Wildman–Crippen LogP) is 1.94. The molecule has 0 radical (unpaired) electrons. The molecule has 4 rings (SSSR count). The normalized spacial score (nSPS) is 17.4. The SMILES string of the molecule is O=C(NC1(C(F)(F)F)C(=O)Nc2c1c(=O)[nH]c(=O)n2-c1ccc(F)cc1)c1ccccc1F. The van der Waals surface area contributed by atoms with Crippen LogP contribution in [0.5, 0.6) is 0 Å². The minimum Gasteiger partial charge on any atom is -0.326 e. The number of anilines is 1. The quantitative estimate of drug-likeness (QED) is 0.512. The predicted molar refractivity (Wildman–Crippen MR) is 103 cm³/mol. The summed E-state index contributed by atoms with van der Waals surface area (Å²) in [6.07, 6.45) is -5.60. The lowest BCUT2D eigenvalue weighted by Crippen LogP contribution is -2.62. The van der Waals surface area contributed by atoms with Gasteiger partial charge in [0, 0.05) is 0 Å². The van der Waals surface area contributed by atoms with Gasteiger partial charge in [-0.25, -0.2) is 18.1 Å². The molecule has 3 aromatic rings. The van der Waals surface area contributed by atoms with Crippen molar-refractivity contribution in [2.45, 2.75) is 11.7 Å². The minimum absolute atomic E-state index is 0.187. The number of hydrogen-bond acceptors (Lipinski definition) is 4. The Balaban J connectivity index is 1.98. The third-order valence-electron chi connectivity index (χ3n) is 4.99. The average molecular weight is 466 g/mol. The van der Waals surface area contributed by atoms with Crippen LogP contribution in [0, 0.1) is 11.6 Å². The van der Waals surface area contributed by atoms with Crippen molar-refractivity contribution in [2.75, 3.05) is 5.32 Å². The summed E-state index contributed by atoms with van der Waals surface area (Å²) in [6.45, 7) is 0. The van der Waals surface area contributed by atoms with Gasteiger partial charge in [0.1, 0.15) is 23.0 Å². The van der Waals surface area contributed by atoms with Crippen molar-refractivity contribution in [1.82, 2.24) is 14.9 Å².